The maximum atomic E-state index is 13.5. The molecule has 0 spiro atoms. The third-order valence-electron chi connectivity index (χ3n) is 5.16. The van der Waals surface area contributed by atoms with E-state index in [1.807, 2.05) is 0 Å². The van der Waals surface area contributed by atoms with Crippen molar-refractivity contribution in [2.45, 2.75) is 36.3 Å². The molecule has 3 aromatic carbocycles. The summed E-state index contributed by atoms with van der Waals surface area (Å²) in [6.45, 7) is 0. The Morgan fingerprint density at radius 1 is 1.00 bits per heavy atom. The average molecular weight is 670 g/mol. The zero-order valence-electron chi connectivity index (χ0n) is 18.6. The topological polar surface area (TPSA) is 98.5 Å². The number of ether oxygens (including phenoxy) is 1. The summed E-state index contributed by atoms with van der Waals surface area (Å²) in [5.74, 6) is -0.611. The van der Waals surface area contributed by atoms with Gasteiger partial charge in [0.15, 0.2) is 4.90 Å². The summed E-state index contributed by atoms with van der Waals surface area (Å²) in [4.78, 5) is 9.96. The van der Waals surface area contributed by atoms with Gasteiger partial charge >= 0.3 is 12.5 Å². The van der Waals surface area contributed by atoms with Crippen molar-refractivity contribution in [3.63, 3.8) is 0 Å². The van der Waals surface area contributed by atoms with E-state index >= 15 is 0 Å². The van der Waals surface area contributed by atoms with Crippen LogP contribution in [0.15, 0.2) is 80.6 Å². The highest BCUT2D eigenvalue weighted by molar-refractivity contribution is 9.11. The summed E-state index contributed by atoms with van der Waals surface area (Å²) in [6, 6.07) is 13.6. The van der Waals surface area contributed by atoms with Gasteiger partial charge in [-0.15, -0.1) is 0 Å². The van der Waals surface area contributed by atoms with Crippen LogP contribution < -0.4 is 9.46 Å². The van der Waals surface area contributed by atoms with Gasteiger partial charge in [-0.1, -0.05) is 62.2 Å². The van der Waals surface area contributed by atoms with E-state index in [-0.39, 0.29) is 18.4 Å². The van der Waals surface area contributed by atoms with Gasteiger partial charge in [0.2, 0.25) is 10.0 Å². The van der Waals surface area contributed by atoms with Crippen LogP contribution in [0.5, 0.6) is 5.75 Å². The van der Waals surface area contributed by atoms with Gasteiger partial charge in [-0.25, -0.2) is 13.1 Å². The van der Waals surface area contributed by atoms with Crippen LogP contribution in [0, 0.1) is 10.1 Å². The molecule has 1 atom stereocenters. The van der Waals surface area contributed by atoms with E-state index < -0.39 is 49.9 Å². The van der Waals surface area contributed by atoms with Gasteiger partial charge in [-0.3, -0.25) is 10.1 Å². The van der Waals surface area contributed by atoms with Crippen LogP contribution in [0.4, 0.5) is 23.2 Å². The average Bonchev–Trinajstić information content (AvgIpc) is 2.82. The predicted molar refractivity (Wildman–Crippen MR) is 134 cm³/mol. The number of hydrogen-bond acceptors (Lipinski definition) is 5. The lowest BCUT2D eigenvalue weighted by atomic mass is 9.99. The third kappa shape index (κ3) is 7.27. The zero-order valence-corrected chi connectivity index (χ0v) is 22.6. The molecule has 0 heterocycles. The Labute approximate surface area is 226 Å². The number of nitrogens with one attached hydrogen (secondary N) is 1. The zero-order chi connectivity index (χ0) is 27.4. The van der Waals surface area contributed by atoms with Crippen molar-refractivity contribution in [3.8, 4) is 5.75 Å². The Morgan fingerprint density at radius 2 is 1.62 bits per heavy atom. The second-order valence-electron chi connectivity index (χ2n) is 7.67. The number of hydrogen-bond donors (Lipinski definition) is 1. The molecular formula is C23H18Br2F4N2O5S. The second kappa shape index (κ2) is 11.9. The summed E-state index contributed by atoms with van der Waals surface area (Å²) >= 11 is 6.83. The Kier molecular flexibility index (Phi) is 9.32. The van der Waals surface area contributed by atoms with E-state index in [1.165, 1.54) is 24.3 Å². The van der Waals surface area contributed by atoms with E-state index in [0.717, 1.165) is 38.8 Å². The first kappa shape index (κ1) is 29.0. The fourth-order valence-electron chi connectivity index (χ4n) is 3.44. The fourth-order valence-corrected chi connectivity index (χ4v) is 6.26. The van der Waals surface area contributed by atoms with Gasteiger partial charge in [0.1, 0.15) is 5.75 Å². The summed E-state index contributed by atoms with van der Waals surface area (Å²) in [5, 5.41) is 11.4. The van der Waals surface area contributed by atoms with Crippen molar-refractivity contribution < 1.29 is 35.6 Å². The highest BCUT2D eigenvalue weighted by Crippen LogP contribution is 2.33. The van der Waals surface area contributed by atoms with Crippen LogP contribution in [0.3, 0.4) is 0 Å². The lowest BCUT2D eigenvalue weighted by Crippen LogP contribution is -2.33. The van der Waals surface area contributed by atoms with Crippen LogP contribution in [0.1, 0.15) is 23.6 Å². The minimum absolute atomic E-state index is 0.0652. The van der Waals surface area contributed by atoms with Crippen LogP contribution >= 0.6 is 31.9 Å². The van der Waals surface area contributed by atoms with Crippen molar-refractivity contribution in [1.29, 1.82) is 0 Å². The number of nitro groups is 1. The standard InChI is InChI=1S/C23H18Br2F4N2O5S/c24-17-7-4-8-18(25)16(17)11-12-19(14-5-3-6-15(13-14)36-23(28,29)22(26)27)30-37(34,35)21-10-2-1-9-20(21)31(32)33/h1-10,13,19,22,30H,11-12H2/t19-/m1/s1. The van der Waals surface area contributed by atoms with Gasteiger partial charge in [0, 0.05) is 21.1 Å². The molecule has 1 N–H and O–H groups in total. The van der Waals surface area contributed by atoms with Crippen LogP contribution in [0.25, 0.3) is 0 Å². The van der Waals surface area contributed by atoms with E-state index in [1.54, 1.807) is 18.2 Å². The van der Waals surface area contributed by atoms with Gasteiger partial charge in [0.25, 0.3) is 5.69 Å². The Bertz CT molecular complexity index is 1370. The fraction of sp³-hybridized carbons (Fsp3) is 0.217. The first-order valence-corrected chi connectivity index (χ1v) is 13.5. The molecule has 0 saturated carbocycles. The number of rotatable bonds is 11. The van der Waals surface area contributed by atoms with Gasteiger partial charge < -0.3 is 4.74 Å². The molecule has 0 aliphatic carbocycles. The molecule has 0 saturated heterocycles. The molecule has 7 nitrogen and oxygen atoms in total. The predicted octanol–water partition coefficient (Wildman–Crippen LogP) is 7.01. The highest BCUT2D eigenvalue weighted by Gasteiger charge is 2.44. The molecule has 198 valence electrons. The number of alkyl halides is 4. The summed E-state index contributed by atoms with van der Waals surface area (Å²) in [6.07, 6.45) is -8.52. The maximum Gasteiger partial charge on any atom is 0.461 e. The minimum atomic E-state index is -4.77. The smallest absolute Gasteiger partial charge is 0.428 e. The van der Waals surface area contributed by atoms with Crippen LogP contribution in [-0.2, 0) is 16.4 Å². The van der Waals surface area contributed by atoms with E-state index in [4.69, 9.17) is 0 Å². The molecule has 3 rings (SSSR count). The molecule has 0 aromatic heterocycles. The number of sulfonamides is 1. The highest BCUT2D eigenvalue weighted by atomic mass is 79.9. The molecule has 0 fully saturated rings. The normalized spacial score (nSPS) is 12.9. The molecular weight excluding hydrogens is 652 g/mol. The lowest BCUT2D eigenvalue weighted by molar-refractivity contribution is -0.387. The van der Waals surface area contributed by atoms with E-state index in [0.29, 0.717) is 0 Å². The van der Waals surface area contributed by atoms with E-state index in [2.05, 4.69) is 41.3 Å². The number of halogens is 6. The van der Waals surface area contributed by atoms with Crippen molar-refractivity contribution in [3.05, 3.63) is 96.9 Å². The maximum absolute atomic E-state index is 13.5. The lowest BCUT2D eigenvalue weighted by Gasteiger charge is -2.22. The molecule has 0 unspecified atom stereocenters. The SMILES string of the molecule is O=[N+]([O-])c1ccccc1S(=O)(=O)N[C@H](CCc1c(Br)cccc1Br)c1cccc(OC(F)(F)C(F)F)c1. The summed E-state index contributed by atoms with van der Waals surface area (Å²) in [7, 11) is -4.49. The monoisotopic (exact) mass is 668 g/mol. The first-order chi connectivity index (χ1) is 17.3. The number of nitrogens with zero attached hydrogens (tertiary/aromatic N) is 1. The number of para-hydroxylation sites is 1. The third-order valence-corrected chi connectivity index (χ3v) is 8.17. The number of nitro benzene ring substituents is 1. The van der Waals surface area contributed by atoms with Gasteiger partial charge in [0.05, 0.1) is 4.92 Å². The molecule has 37 heavy (non-hydrogen) atoms. The largest absolute Gasteiger partial charge is 0.461 e. The molecule has 0 amide bonds. The van der Waals surface area contributed by atoms with Crippen molar-refractivity contribution in [2.24, 2.45) is 0 Å². The Morgan fingerprint density at radius 3 is 2.24 bits per heavy atom. The van der Waals surface area contributed by atoms with Gasteiger partial charge in [-0.2, -0.15) is 17.6 Å². The van der Waals surface area contributed by atoms with Crippen LogP contribution in [-0.4, -0.2) is 25.9 Å². The molecule has 3 aromatic rings. The Balaban J connectivity index is 2.01. The molecule has 0 radical (unpaired) electrons. The van der Waals surface area contributed by atoms with Crippen molar-refractivity contribution >= 4 is 47.6 Å². The van der Waals surface area contributed by atoms with Crippen LogP contribution in [0.2, 0.25) is 0 Å². The van der Waals surface area contributed by atoms with Crippen molar-refractivity contribution in [2.75, 3.05) is 0 Å². The quantitative estimate of drug-likeness (QED) is 0.135. The molecule has 0 bridgehead atoms. The number of benzene rings is 3. The molecule has 0 aliphatic rings. The van der Waals surface area contributed by atoms with Gasteiger partial charge in [-0.05, 0) is 54.3 Å². The minimum Gasteiger partial charge on any atom is -0.428 e. The summed E-state index contributed by atoms with van der Waals surface area (Å²) < 4.78 is 86.6. The first-order valence-electron chi connectivity index (χ1n) is 10.5. The van der Waals surface area contributed by atoms with Crippen molar-refractivity contribution in [1.82, 2.24) is 4.72 Å². The second-order valence-corrected chi connectivity index (χ2v) is 11.1. The van der Waals surface area contributed by atoms with E-state index in [9.17, 15) is 36.1 Å². The molecule has 0 aliphatic heterocycles. The molecule has 14 heteroatoms. The summed E-state index contributed by atoms with van der Waals surface area (Å²) in [5.41, 5.74) is 0.234. The Hall–Kier alpha value is -2.55.